The van der Waals surface area contributed by atoms with Gasteiger partial charge in [-0.1, -0.05) is 12.2 Å². The number of dihydropyridines is 1. The van der Waals surface area contributed by atoms with Gasteiger partial charge in [0.25, 0.3) is 0 Å². The monoisotopic (exact) mass is 373 g/mol. The first kappa shape index (κ1) is 17.5. The van der Waals surface area contributed by atoms with Crippen LogP contribution in [-0.4, -0.2) is 91.0 Å². The maximum Gasteiger partial charge on any atom is 0.205 e. The molecular weight excluding hydrogens is 342 g/mol. The Bertz CT molecular complexity index is 655. The normalized spacial score (nSPS) is 35.0. The number of hydrogen-bond acceptors (Lipinski definition) is 7. The highest BCUT2D eigenvalue weighted by Crippen LogP contribution is 2.38. The van der Waals surface area contributed by atoms with Gasteiger partial charge in [-0.15, -0.1) is 0 Å². The topological polar surface area (TPSA) is 52.6 Å². The molecule has 3 unspecified atom stereocenters. The van der Waals surface area contributed by atoms with Crippen molar-refractivity contribution in [2.24, 2.45) is 4.99 Å². The van der Waals surface area contributed by atoms with E-state index in [1.807, 2.05) is 0 Å². The first-order valence-corrected chi connectivity index (χ1v) is 10.4. The molecule has 5 aliphatic rings. The predicted octanol–water partition coefficient (Wildman–Crippen LogP) is 0.959. The average Bonchev–Trinajstić information content (AvgIpc) is 3.51. The van der Waals surface area contributed by atoms with E-state index < -0.39 is 0 Å². The molecule has 4 heterocycles. The van der Waals surface area contributed by atoms with Gasteiger partial charge in [0.05, 0.1) is 25.4 Å². The summed E-state index contributed by atoms with van der Waals surface area (Å²) in [6.45, 7) is 10.6. The van der Waals surface area contributed by atoms with E-state index in [1.165, 1.54) is 18.4 Å². The van der Waals surface area contributed by atoms with Crippen LogP contribution in [0.3, 0.4) is 0 Å². The van der Waals surface area contributed by atoms with Gasteiger partial charge in [-0.2, -0.15) is 4.99 Å². The molecule has 0 bridgehead atoms. The smallest absolute Gasteiger partial charge is 0.205 e. The van der Waals surface area contributed by atoms with Crippen molar-refractivity contribution >= 4 is 5.96 Å². The van der Waals surface area contributed by atoms with Crippen LogP contribution in [0.2, 0.25) is 0 Å². The van der Waals surface area contributed by atoms with Gasteiger partial charge in [-0.05, 0) is 26.7 Å². The number of aliphatic imine (C=N–C) groups is 1. The molecule has 148 valence electrons. The molecule has 0 radical (unpaired) electrons. The minimum absolute atomic E-state index is 0.230. The van der Waals surface area contributed by atoms with Gasteiger partial charge < -0.3 is 24.6 Å². The SMILES string of the molecule is CC1CN(C2=NC3=C(C=CCN3)C(N3CCOCC3)N2C2CC2)CC(C)O1. The van der Waals surface area contributed by atoms with Crippen LogP contribution in [0, 0.1) is 0 Å². The quantitative estimate of drug-likeness (QED) is 0.778. The zero-order valence-corrected chi connectivity index (χ0v) is 16.4. The summed E-state index contributed by atoms with van der Waals surface area (Å²) in [5, 5.41) is 3.52. The van der Waals surface area contributed by atoms with E-state index in [-0.39, 0.29) is 18.4 Å². The summed E-state index contributed by atoms with van der Waals surface area (Å²) < 4.78 is 11.6. The summed E-state index contributed by atoms with van der Waals surface area (Å²) in [5.41, 5.74) is 1.31. The van der Waals surface area contributed by atoms with Crippen molar-refractivity contribution in [3.05, 3.63) is 23.5 Å². The lowest BCUT2D eigenvalue weighted by Crippen LogP contribution is -2.63. The van der Waals surface area contributed by atoms with Crippen molar-refractivity contribution in [1.82, 2.24) is 20.0 Å². The van der Waals surface area contributed by atoms with Gasteiger partial charge in [0.1, 0.15) is 12.0 Å². The molecule has 1 saturated carbocycles. The van der Waals surface area contributed by atoms with Crippen LogP contribution in [-0.2, 0) is 9.47 Å². The highest BCUT2D eigenvalue weighted by Gasteiger charge is 2.46. The molecule has 5 rings (SSSR count). The first-order chi connectivity index (χ1) is 13.2. The Morgan fingerprint density at radius 2 is 1.85 bits per heavy atom. The van der Waals surface area contributed by atoms with Crippen molar-refractivity contribution < 1.29 is 9.47 Å². The van der Waals surface area contributed by atoms with E-state index in [2.05, 4.69) is 46.0 Å². The van der Waals surface area contributed by atoms with Crippen LogP contribution in [0.4, 0.5) is 0 Å². The Balaban J connectivity index is 1.53. The maximum atomic E-state index is 5.99. The fraction of sp³-hybridized carbons (Fsp3) is 0.750. The van der Waals surface area contributed by atoms with Crippen molar-refractivity contribution in [2.75, 3.05) is 45.9 Å². The molecule has 27 heavy (non-hydrogen) atoms. The number of nitrogens with zero attached hydrogens (tertiary/aromatic N) is 4. The molecule has 0 spiro atoms. The highest BCUT2D eigenvalue weighted by molar-refractivity contribution is 5.84. The summed E-state index contributed by atoms with van der Waals surface area (Å²) >= 11 is 0. The van der Waals surface area contributed by atoms with Gasteiger partial charge >= 0.3 is 0 Å². The molecule has 7 heteroatoms. The molecule has 3 atom stereocenters. The molecule has 0 amide bonds. The van der Waals surface area contributed by atoms with Crippen molar-refractivity contribution in [3.63, 3.8) is 0 Å². The van der Waals surface area contributed by atoms with Crippen LogP contribution >= 0.6 is 0 Å². The van der Waals surface area contributed by atoms with Crippen LogP contribution in [0.1, 0.15) is 26.7 Å². The zero-order chi connectivity index (χ0) is 18.4. The third-order valence-electron chi connectivity index (χ3n) is 5.98. The van der Waals surface area contributed by atoms with E-state index in [4.69, 9.17) is 14.5 Å². The third-order valence-corrected chi connectivity index (χ3v) is 5.98. The molecule has 4 aliphatic heterocycles. The van der Waals surface area contributed by atoms with E-state index in [0.29, 0.717) is 6.04 Å². The van der Waals surface area contributed by atoms with Crippen molar-refractivity contribution in [2.45, 2.75) is 51.1 Å². The molecular formula is C20H31N5O2. The Morgan fingerprint density at radius 3 is 2.56 bits per heavy atom. The van der Waals surface area contributed by atoms with Crippen LogP contribution in [0.15, 0.2) is 28.5 Å². The Labute approximate surface area is 161 Å². The molecule has 1 aliphatic carbocycles. The summed E-state index contributed by atoms with van der Waals surface area (Å²) in [7, 11) is 0. The maximum absolute atomic E-state index is 5.99. The molecule has 0 aromatic rings. The average molecular weight is 374 g/mol. The second-order valence-corrected chi connectivity index (χ2v) is 8.32. The Hall–Kier alpha value is -1.57. The van der Waals surface area contributed by atoms with Crippen LogP contribution in [0.5, 0.6) is 0 Å². The van der Waals surface area contributed by atoms with Gasteiger partial charge in [0.15, 0.2) is 0 Å². The molecule has 0 aromatic carbocycles. The molecule has 1 N–H and O–H groups in total. The number of nitrogens with one attached hydrogen (secondary N) is 1. The lowest BCUT2D eigenvalue weighted by Gasteiger charge is -2.50. The fourth-order valence-electron chi connectivity index (χ4n) is 4.74. The second kappa shape index (κ2) is 7.11. The summed E-state index contributed by atoms with van der Waals surface area (Å²) in [5.74, 6) is 2.19. The van der Waals surface area contributed by atoms with Gasteiger partial charge in [-0.25, -0.2) is 0 Å². The molecule has 3 fully saturated rings. The van der Waals surface area contributed by atoms with E-state index in [1.54, 1.807) is 0 Å². The largest absolute Gasteiger partial charge is 0.379 e. The Kier molecular flexibility index (Phi) is 4.61. The van der Waals surface area contributed by atoms with E-state index >= 15 is 0 Å². The Morgan fingerprint density at radius 1 is 1.11 bits per heavy atom. The third kappa shape index (κ3) is 3.37. The number of ether oxygens (including phenoxy) is 2. The molecule has 0 aromatic heterocycles. The first-order valence-electron chi connectivity index (χ1n) is 10.4. The van der Waals surface area contributed by atoms with E-state index in [9.17, 15) is 0 Å². The van der Waals surface area contributed by atoms with Crippen molar-refractivity contribution in [1.29, 1.82) is 0 Å². The summed E-state index contributed by atoms with van der Waals surface area (Å²) in [4.78, 5) is 12.8. The van der Waals surface area contributed by atoms with Crippen LogP contribution in [0.25, 0.3) is 0 Å². The van der Waals surface area contributed by atoms with Gasteiger partial charge in [0, 0.05) is 44.3 Å². The lowest BCUT2D eigenvalue weighted by molar-refractivity contribution is -0.0558. The van der Waals surface area contributed by atoms with Crippen LogP contribution < -0.4 is 5.32 Å². The van der Waals surface area contributed by atoms with Crippen molar-refractivity contribution in [3.8, 4) is 0 Å². The lowest BCUT2D eigenvalue weighted by atomic mass is 10.0. The number of morpholine rings is 2. The van der Waals surface area contributed by atoms with Gasteiger partial charge in [-0.3, -0.25) is 4.90 Å². The number of hydrogen-bond donors (Lipinski definition) is 1. The zero-order valence-electron chi connectivity index (χ0n) is 16.4. The highest BCUT2D eigenvalue weighted by atomic mass is 16.5. The van der Waals surface area contributed by atoms with Gasteiger partial charge in [0.2, 0.25) is 5.96 Å². The fourth-order valence-corrected chi connectivity index (χ4v) is 4.74. The van der Waals surface area contributed by atoms with E-state index in [0.717, 1.165) is 57.7 Å². The number of rotatable bonds is 2. The summed E-state index contributed by atoms with van der Waals surface area (Å²) in [6, 6.07) is 0.592. The standard InChI is InChI=1S/C20H31N5O2/c1-14-12-24(13-15(2)27-14)20-22-18-17(4-3-7-21-18)19(25(20)16-5-6-16)23-8-10-26-11-9-23/h3-4,14-16,19,21H,5-13H2,1-2H3. The minimum atomic E-state index is 0.230. The molecule has 2 saturated heterocycles. The number of guanidine groups is 1. The minimum Gasteiger partial charge on any atom is -0.379 e. The predicted molar refractivity (Wildman–Crippen MR) is 104 cm³/mol. The molecule has 7 nitrogen and oxygen atoms in total. The summed E-state index contributed by atoms with van der Waals surface area (Å²) in [6.07, 6.45) is 7.73. The second-order valence-electron chi connectivity index (χ2n) is 8.32.